The molecule has 285 valence electrons. The molecule has 0 amide bonds. The van der Waals surface area contributed by atoms with Gasteiger partial charge in [0.05, 0.1) is 5.58 Å². The van der Waals surface area contributed by atoms with Gasteiger partial charge in [-0.25, -0.2) is 4.98 Å². The van der Waals surface area contributed by atoms with Crippen LogP contribution in [-0.2, 0) is 38.3 Å². The van der Waals surface area contributed by atoms with E-state index >= 15 is 0 Å². The predicted octanol–water partition coefficient (Wildman–Crippen LogP) is 13.2. The fraction of sp³-hybridized carbons (Fsp3) is 0.235. The van der Waals surface area contributed by atoms with Crippen LogP contribution in [0.5, 0.6) is 0 Å². The molecule has 4 nitrogen and oxygen atoms in total. The number of aromatic nitrogens is 3. The van der Waals surface area contributed by atoms with Crippen LogP contribution >= 0.6 is 0 Å². The summed E-state index contributed by atoms with van der Waals surface area (Å²) in [6.07, 6.45) is 2.86. The molecule has 1 radical (unpaired) electrons. The molecule has 4 aromatic carbocycles. The maximum Gasteiger partial charge on any atom is 0.216 e. The number of furan rings is 1. The third-order valence-electron chi connectivity index (χ3n) is 9.19. The molecule has 0 bridgehead atoms. The second-order valence-electron chi connectivity index (χ2n) is 15.8. The topological polar surface area (TPSA) is 51.8 Å². The molecule has 0 saturated carbocycles. The molecular weight excluding hydrogens is 863 g/mol. The summed E-state index contributed by atoms with van der Waals surface area (Å²) in [6, 6.07) is 42.2. The van der Waals surface area contributed by atoms with E-state index in [-0.39, 0.29) is 36.8 Å². The summed E-state index contributed by atoms with van der Waals surface area (Å²) in [7, 11) is 0. The van der Waals surface area contributed by atoms with Gasteiger partial charge in [-0.1, -0.05) is 120 Å². The molecule has 0 N–H and O–H groups in total. The summed E-state index contributed by atoms with van der Waals surface area (Å²) in [5, 5.41) is 1.63. The second-order valence-corrected chi connectivity index (χ2v) is 15.8. The van der Waals surface area contributed by atoms with Crippen molar-refractivity contribution in [3.8, 4) is 33.6 Å². The molecule has 0 aliphatic rings. The van der Waals surface area contributed by atoms with Gasteiger partial charge in [0.15, 0.2) is 0 Å². The van der Waals surface area contributed by atoms with Gasteiger partial charge >= 0.3 is 0 Å². The van der Waals surface area contributed by atoms with E-state index in [1.165, 1.54) is 23.3 Å². The van der Waals surface area contributed by atoms with Gasteiger partial charge in [-0.15, -0.1) is 53.6 Å². The minimum Gasteiger partial charge on any atom is -0.486 e. The van der Waals surface area contributed by atoms with Crippen LogP contribution in [-0.4, -0.2) is 15.0 Å². The van der Waals surface area contributed by atoms with Gasteiger partial charge in [0.25, 0.3) is 0 Å². The van der Waals surface area contributed by atoms with Crippen molar-refractivity contribution < 1.29 is 35.5 Å². The smallest absolute Gasteiger partial charge is 0.216 e. The third kappa shape index (κ3) is 9.77. The van der Waals surface area contributed by atoms with Crippen molar-refractivity contribution >= 4 is 22.1 Å². The van der Waals surface area contributed by atoms with Gasteiger partial charge in [0.1, 0.15) is 0 Å². The molecule has 0 atom stereocenters. The normalized spacial score (nSPS) is 14.4. The van der Waals surface area contributed by atoms with Crippen molar-refractivity contribution in [3.05, 3.63) is 173 Å². The Bertz CT molecular complexity index is 2870. The summed E-state index contributed by atoms with van der Waals surface area (Å²) >= 11 is 0. The van der Waals surface area contributed by atoms with Crippen LogP contribution in [0.1, 0.15) is 86.0 Å². The van der Waals surface area contributed by atoms with Crippen LogP contribution in [0.25, 0.3) is 55.7 Å². The van der Waals surface area contributed by atoms with Crippen LogP contribution < -0.4 is 0 Å². The Morgan fingerprint density at radius 1 is 0.679 bits per heavy atom. The van der Waals surface area contributed by atoms with Gasteiger partial charge in [0.2, 0.25) is 5.71 Å². The van der Waals surface area contributed by atoms with Gasteiger partial charge in [-0.3, -0.25) is 0 Å². The van der Waals surface area contributed by atoms with Crippen molar-refractivity contribution in [1.82, 2.24) is 15.0 Å². The number of rotatable bonds is 6. The zero-order valence-corrected chi connectivity index (χ0v) is 34.8. The molecule has 5 heteroatoms. The Morgan fingerprint density at radius 3 is 2.12 bits per heavy atom. The Labute approximate surface area is 357 Å². The van der Waals surface area contributed by atoms with E-state index in [9.17, 15) is 0 Å². The summed E-state index contributed by atoms with van der Waals surface area (Å²) in [5.74, 6) is 0. The van der Waals surface area contributed by atoms with E-state index < -0.39 is 25.5 Å². The third-order valence-corrected chi connectivity index (χ3v) is 9.19. The van der Waals surface area contributed by atoms with Crippen molar-refractivity contribution in [2.75, 3.05) is 0 Å². The molecule has 4 aromatic heterocycles. The Balaban J connectivity index is 0.000000212. The minimum atomic E-state index is -2.29. The average Bonchev–Trinajstić information content (AvgIpc) is 3.61. The molecule has 0 aliphatic carbocycles. The fourth-order valence-electron chi connectivity index (χ4n) is 6.41. The summed E-state index contributed by atoms with van der Waals surface area (Å²) < 4.78 is 68.2. The van der Waals surface area contributed by atoms with E-state index in [0.29, 0.717) is 22.6 Å². The summed E-state index contributed by atoms with van der Waals surface area (Å²) in [6.45, 7) is 7.88. The van der Waals surface area contributed by atoms with Gasteiger partial charge in [-0.2, -0.15) is 0 Å². The van der Waals surface area contributed by atoms with Gasteiger partial charge in [-0.05, 0) is 99.5 Å². The van der Waals surface area contributed by atoms with E-state index in [4.69, 9.17) is 15.4 Å². The Hall–Kier alpha value is -5.22. The van der Waals surface area contributed by atoms with Crippen LogP contribution in [0.3, 0.4) is 0 Å². The first-order valence-electron chi connectivity index (χ1n) is 22.4. The van der Waals surface area contributed by atoms with Crippen molar-refractivity contribution in [2.24, 2.45) is 5.41 Å². The molecular formula is C51H49IrN3O-2. The molecule has 8 aromatic rings. The Kier molecular flexibility index (Phi) is 9.32. The van der Waals surface area contributed by atoms with E-state index in [0.717, 1.165) is 50.7 Å². The SMILES string of the molecule is [2H]C([2H])([2H])c1c[c-]c(-c2cc(-c3ccc(C([2H])([2H])C(C)(C)C)cc3)ccn2)cc1.[2H]C([2H])([2H])c1ccc2c(n1)oc1c(-c3cc(Cc4ccc(C(C)(C)C)cc4)ccn3)[c-]ccc12.[Ir]. The Morgan fingerprint density at radius 2 is 1.43 bits per heavy atom. The van der Waals surface area contributed by atoms with Gasteiger partial charge in [0, 0.05) is 54.5 Å². The maximum atomic E-state index is 8.41. The van der Waals surface area contributed by atoms with Crippen LogP contribution in [0, 0.1) is 31.3 Å². The molecule has 0 fully saturated rings. The number of hydrogen-bond donors (Lipinski definition) is 0. The number of nitrogens with zero attached hydrogens (tertiary/aromatic N) is 3. The van der Waals surface area contributed by atoms with Crippen molar-refractivity contribution in [2.45, 2.75) is 73.5 Å². The molecule has 0 unspecified atom stereocenters. The molecule has 0 saturated heterocycles. The summed E-state index contributed by atoms with van der Waals surface area (Å²) in [4.78, 5) is 13.2. The largest absolute Gasteiger partial charge is 0.486 e. The van der Waals surface area contributed by atoms with Crippen LogP contribution in [0.4, 0.5) is 0 Å². The zero-order valence-electron chi connectivity index (χ0n) is 40.4. The number of pyridine rings is 3. The van der Waals surface area contributed by atoms with E-state index in [2.05, 4.69) is 78.2 Å². The molecule has 0 spiro atoms. The minimum absolute atomic E-state index is 0. The van der Waals surface area contributed by atoms with Gasteiger partial charge < -0.3 is 14.4 Å². The number of hydrogen-bond acceptors (Lipinski definition) is 4. The van der Waals surface area contributed by atoms with Crippen LogP contribution in [0.2, 0.25) is 0 Å². The zero-order chi connectivity index (χ0) is 45.5. The number of aryl methyl sites for hydroxylation is 2. The number of fused-ring (bicyclic) bond motifs is 3. The second kappa shape index (κ2) is 16.9. The maximum absolute atomic E-state index is 8.41. The predicted molar refractivity (Wildman–Crippen MR) is 228 cm³/mol. The fourth-order valence-corrected chi connectivity index (χ4v) is 6.41. The first-order chi connectivity index (χ1) is 29.5. The molecule has 56 heavy (non-hydrogen) atoms. The molecule has 4 heterocycles. The monoisotopic (exact) mass is 920 g/mol. The summed E-state index contributed by atoms with van der Waals surface area (Å²) in [5.41, 5.74) is 9.95. The first kappa shape index (κ1) is 30.9. The molecule has 8 rings (SSSR count). The number of benzene rings is 4. The van der Waals surface area contributed by atoms with Crippen molar-refractivity contribution in [3.63, 3.8) is 0 Å². The van der Waals surface area contributed by atoms with Crippen LogP contribution in [0.15, 0.2) is 132 Å². The van der Waals surface area contributed by atoms with E-state index in [1.54, 1.807) is 30.6 Å². The first-order valence-corrected chi connectivity index (χ1v) is 18.4. The quantitative estimate of drug-likeness (QED) is 0.156. The standard InChI is InChI=1S/C28H25N2O.C23H24N.Ir/c1-18-8-13-23-22-6-5-7-24(26(22)31-27(23)30-18)25-17-20(14-15-29-25)16-19-9-11-21(12-10-19)28(2,3)4;1-17-5-9-20(10-6-17)22-15-21(13-14-24-22)19-11-7-18(8-12-19)16-23(2,3)4;/h5-6,8-15,17H,16H2,1-4H3;5-9,11-15H,16H2,1-4H3;/q2*-1;/i1D3;1D3,16D2;. The van der Waals surface area contributed by atoms with Crippen molar-refractivity contribution in [1.29, 1.82) is 0 Å². The molecule has 0 aliphatic heterocycles. The van der Waals surface area contributed by atoms with E-state index in [1.807, 2.05) is 75.4 Å². The average molecular weight is 920 g/mol.